The van der Waals surface area contributed by atoms with Gasteiger partial charge in [0.1, 0.15) is 0 Å². The van der Waals surface area contributed by atoms with Crippen molar-refractivity contribution in [3.8, 4) is 11.4 Å². The Morgan fingerprint density at radius 3 is 2.44 bits per heavy atom. The lowest BCUT2D eigenvalue weighted by atomic mass is 9.91. The summed E-state index contributed by atoms with van der Waals surface area (Å²) in [5.74, 6) is 1.21. The Bertz CT molecular complexity index is 702. The van der Waals surface area contributed by atoms with Gasteiger partial charge in [0, 0.05) is 36.0 Å². The van der Waals surface area contributed by atoms with Crippen LogP contribution in [0.4, 0.5) is 0 Å². The highest BCUT2D eigenvalue weighted by atomic mass is 35.5. The molecule has 0 saturated heterocycles. The number of carbonyl (C=O) groups excluding carboxylic acids is 1. The summed E-state index contributed by atoms with van der Waals surface area (Å²) in [5, 5.41) is 4.67. The molecule has 0 saturated carbocycles. The molecule has 0 atom stereocenters. The molecule has 6 heteroatoms. The molecule has 0 aliphatic rings. The topological polar surface area (TPSA) is 59.2 Å². The minimum Gasteiger partial charge on any atom is -0.340 e. The van der Waals surface area contributed by atoms with Crippen LogP contribution in [-0.4, -0.2) is 33.5 Å². The normalized spacial score (nSPS) is 11.8. The Labute approximate surface area is 154 Å². The zero-order valence-electron chi connectivity index (χ0n) is 15.5. The fourth-order valence-corrected chi connectivity index (χ4v) is 2.64. The largest absolute Gasteiger partial charge is 0.340 e. The van der Waals surface area contributed by atoms with Gasteiger partial charge in [0.15, 0.2) is 0 Å². The van der Waals surface area contributed by atoms with Crippen molar-refractivity contribution < 1.29 is 9.32 Å². The minimum absolute atomic E-state index is 0.0313. The van der Waals surface area contributed by atoms with Crippen LogP contribution in [0.5, 0.6) is 0 Å². The minimum atomic E-state index is -0.0313. The van der Waals surface area contributed by atoms with Crippen molar-refractivity contribution in [3.05, 3.63) is 35.2 Å². The number of benzene rings is 1. The molecule has 0 fully saturated rings. The van der Waals surface area contributed by atoms with E-state index >= 15 is 0 Å². The molecule has 5 nitrogen and oxygen atoms in total. The van der Waals surface area contributed by atoms with E-state index in [9.17, 15) is 4.79 Å². The number of amides is 1. The highest BCUT2D eigenvalue weighted by Gasteiger charge is 2.23. The SMILES string of the molecule is CC(C)N(CCc1nc(-c2ccc(Cl)cc2)no1)C(=O)CC(C)(C)C. The predicted molar refractivity (Wildman–Crippen MR) is 99.4 cm³/mol. The summed E-state index contributed by atoms with van der Waals surface area (Å²) in [6.07, 6.45) is 1.06. The van der Waals surface area contributed by atoms with Crippen molar-refractivity contribution in [2.24, 2.45) is 5.41 Å². The molecule has 1 amide bonds. The molecule has 0 N–H and O–H groups in total. The number of aromatic nitrogens is 2. The summed E-state index contributed by atoms with van der Waals surface area (Å²) in [4.78, 5) is 18.8. The van der Waals surface area contributed by atoms with Crippen LogP contribution in [0.25, 0.3) is 11.4 Å². The lowest BCUT2D eigenvalue weighted by Crippen LogP contribution is -2.40. The summed E-state index contributed by atoms with van der Waals surface area (Å²) in [6.45, 7) is 10.8. The summed E-state index contributed by atoms with van der Waals surface area (Å²) in [5.41, 5.74) is 0.820. The average Bonchev–Trinajstić information content (AvgIpc) is 2.95. The van der Waals surface area contributed by atoms with E-state index in [2.05, 4.69) is 30.9 Å². The summed E-state index contributed by atoms with van der Waals surface area (Å²) < 4.78 is 5.33. The molecule has 0 unspecified atom stereocenters. The van der Waals surface area contributed by atoms with Gasteiger partial charge in [-0.05, 0) is 43.5 Å². The van der Waals surface area contributed by atoms with Crippen LogP contribution in [0, 0.1) is 5.41 Å². The quantitative estimate of drug-likeness (QED) is 0.752. The van der Waals surface area contributed by atoms with Crippen LogP contribution >= 0.6 is 11.6 Å². The maximum atomic E-state index is 12.5. The van der Waals surface area contributed by atoms with E-state index in [1.54, 1.807) is 12.1 Å². The van der Waals surface area contributed by atoms with Crippen molar-refractivity contribution in [1.29, 1.82) is 0 Å². The second-order valence-electron chi connectivity index (χ2n) is 7.69. The molecule has 1 aromatic carbocycles. The van der Waals surface area contributed by atoms with Gasteiger partial charge in [-0.1, -0.05) is 37.5 Å². The third-order valence-electron chi connectivity index (χ3n) is 3.76. The average molecular weight is 364 g/mol. The third-order valence-corrected chi connectivity index (χ3v) is 4.01. The standard InChI is InChI=1S/C19H26ClN3O2/c1-13(2)23(17(24)12-19(3,4)5)11-10-16-21-18(22-25-16)14-6-8-15(20)9-7-14/h6-9,13H,10-12H2,1-5H3. The molecule has 2 aromatic rings. The number of carbonyl (C=O) groups is 1. The molecule has 25 heavy (non-hydrogen) atoms. The number of rotatable bonds is 6. The molecule has 2 rings (SSSR count). The Balaban J connectivity index is 2.01. The molecule has 1 aromatic heterocycles. The molecular formula is C19H26ClN3O2. The van der Waals surface area contributed by atoms with Crippen LogP contribution in [-0.2, 0) is 11.2 Å². The van der Waals surface area contributed by atoms with Gasteiger partial charge in [-0.3, -0.25) is 4.79 Å². The number of hydrogen-bond donors (Lipinski definition) is 0. The second-order valence-corrected chi connectivity index (χ2v) is 8.12. The van der Waals surface area contributed by atoms with E-state index in [4.69, 9.17) is 16.1 Å². The number of hydrogen-bond acceptors (Lipinski definition) is 4. The van der Waals surface area contributed by atoms with Crippen molar-refractivity contribution in [2.75, 3.05) is 6.54 Å². The molecule has 0 aliphatic heterocycles. The van der Waals surface area contributed by atoms with Crippen LogP contribution in [0.15, 0.2) is 28.8 Å². The first-order valence-electron chi connectivity index (χ1n) is 8.54. The molecule has 0 spiro atoms. The molecule has 136 valence electrons. The smallest absolute Gasteiger partial charge is 0.228 e. The number of nitrogens with zero attached hydrogens (tertiary/aromatic N) is 3. The molecule has 0 radical (unpaired) electrons. The van der Waals surface area contributed by atoms with Crippen LogP contribution in [0.1, 0.15) is 46.9 Å². The Morgan fingerprint density at radius 1 is 1.24 bits per heavy atom. The molecular weight excluding hydrogens is 338 g/mol. The Hall–Kier alpha value is -1.88. The van der Waals surface area contributed by atoms with E-state index in [1.807, 2.05) is 30.9 Å². The van der Waals surface area contributed by atoms with E-state index < -0.39 is 0 Å². The van der Waals surface area contributed by atoms with Crippen molar-refractivity contribution in [1.82, 2.24) is 15.0 Å². The van der Waals surface area contributed by atoms with Crippen LogP contribution < -0.4 is 0 Å². The van der Waals surface area contributed by atoms with Crippen molar-refractivity contribution in [2.45, 2.75) is 53.5 Å². The fraction of sp³-hybridized carbons (Fsp3) is 0.526. The summed E-state index contributed by atoms with van der Waals surface area (Å²) >= 11 is 5.89. The highest BCUT2D eigenvalue weighted by molar-refractivity contribution is 6.30. The fourth-order valence-electron chi connectivity index (χ4n) is 2.51. The second kappa shape index (κ2) is 8.00. The predicted octanol–water partition coefficient (Wildman–Crippen LogP) is 4.61. The first kappa shape index (κ1) is 19.4. The summed E-state index contributed by atoms with van der Waals surface area (Å²) in [7, 11) is 0. The van der Waals surface area contributed by atoms with E-state index in [0.717, 1.165) is 5.56 Å². The third kappa shape index (κ3) is 5.85. The monoisotopic (exact) mass is 363 g/mol. The van der Waals surface area contributed by atoms with Crippen molar-refractivity contribution >= 4 is 17.5 Å². The van der Waals surface area contributed by atoms with Gasteiger partial charge in [-0.25, -0.2) is 0 Å². The lowest BCUT2D eigenvalue weighted by Gasteiger charge is -2.29. The van der Waals surface area contributed by atoms with Gasteiger partial charge in [-0.15, -0.1) is 0 Å². The Kier molecular flexibility index (Phi) is 6.22. The molecule has 0 bridgehead atoms. The maximum absolute atomic E-state index is 12.5. The zero-order valence-corrected chi connectivity index (χ0v) is 16.3. The van der Waals surface area contributed by atoms with E-state index in [-0.39, 0.29) is 17.4 Å². The number of halogens is 1. The molecule has 1 heterocycles. The van der Waals surface area contributed by atoms with Crippen molar-refractivity contribution in [3.63, 3.8) is 0 Å². The maximum Gasteiger partial charge on any atom is 0.228 e. The lowest BCUT2D eigenvalue weighted by molar-refractivity contribution is -0.134. The first-order chi connectivity index (χ1) is 11.7. The Morgan fingerprint density at radius 2 is 1.88 bits per heavy atom. The van der Waals surface area contributed by atoms with Gasteiger partial charge in [-0.2, -0.15) is 4.98 Å². The van der Waals surface area contributed by atoms with Gasteiger partial charge < -0.3 is 9.42 Å². The van der Waals surface area contributed by atoms with Gasteiger partial charge in [0.05, 0.1) is 0 Å². The van der Waals surface area contributed by atoms with E-state index in [1.165, 1.54) is 0 Å². The molecule has 0 aliphatic carbocycles. The van der Waals surface area contributed by atoms with Gasteiger partial charge in [0.25, 0.3) is 0 Å². The highest BCUT2D eigenvalue weighted by Crippen LogP contribution is 2.21. The van der Waals surface area contributed by atoms with Crippen LogP contribution in [0.3, 0.4) is 0 Å². The van der Waals surface area contributed by atoms with Crippen LogP contribution in [0.2, 0.25) is 5.02 Å². The van der Waals surface area contributed by atoms with Gasteiger partial charge in [0.2, 0.25) is 17.6 Å². The first-order valence-corrected chi connectivity index (χ1v) is 8.91. The van der Waals surface area contributed by atoms with E-state index in [0.29, 0.717) is 36.1 Å². The van der Waals surface area contributed by atoms with Gasteiger partial charge >= 0.3 is 0 Å². The zero-order chi connectivity index (χ0) is 18.6. The summed E-state index contributed by atoms with van der Waals surface area (Å²) in [6, 6.07) is 7.42.